The summed E-state index contributed by atoms with van der Waals surface area (Å²) in [4.78, 5) is 38.3. The molecule has 1 aliphatic heterocycles. The minimum atomic E-state index is -0.746. The molecule has 1 aliphatic rings. The number of rotatable bonds is 11. The maximum atomic E-state index is 13.4. The molecule has 9 nitrogen and oxygen atoms in total. The normalized spacial score (nSPS) is 15.6. The van der Waals surface area contributed by atoms with Crippen molar-refractivity contribution in [2.45, 2.75) is 45.1 Å². The van der Waals surface area contributed by atoms with E-state index in [-0.39, 0.29) is 48.8 Å². The van der Waals surface area contributed by atoms with Crippen LogP contribution in [-0.2, 0) is 9.53 Å². The molecule has 1 heterocycles. The fraction of sp³-hybridized carbons (Fsp3) is 0.522. The van der Waals surface area contributed by atoms with Crippen molar-refractivity contribution in [3.63, 3.8) is 0 Å². The quantitative estimate of drug-likeness (QED) is 0.395. The Balaban J connectivity index is 2.36. The number of nitrogens with zero attached hydrogens (tertiary/aromatic N) is 1. The van der Waals surface area contributed by atoms with Gasteiger partial charge in [-0.05, 0) is 38.7 Å². The van der Waals surface area contributed by atoms with E-state index in [2.05, 4.69) is 11.9 Å². The van der Waals surface area contributed by atoms with Crippen molar-refractivity contribution in [2.75, 3.05) is 38.8 Å². The molecule has 0 aromatic heterocycles. The van der Waals surface area contributed by atoms with Gasteiger partial charge in [-0.25, -0.2) is 4.79 Å². The molecule has 0 unspecified atom stereocenters. The van der Waals surface area contributed by atoms with E-state index in [1.807, 2.05) is 0 Å². The van der Waals surface area contributed by atoms with Crippen molar-refractivity contribution >= 4 is 23.5 Å². The average molecular weight is 449 g/mol. The topological polar surface area (TPSA) is 114 Å². The van der Waals surface area contributed by atoms with Crippen molar-refractivity contribution < 1.29 is 33.7 Å². The number of piperidine rings is 1. The van der Waals surface area contributed by atoms with E-state index in [1.165, 1.54) is 32.2 Å². The van der Waals surface area contributed by atoms with Crippen molar-refractivity contribution in [2.24, 2.45) is 0 Å². The van der Waals surface area contributed by atoms with Crippen LogP contribution in [0.1, 0.15) is 49.4 Å². The molecular formula is C23H32N2O7. The number of likely N-dealkylation sites (tertiary alicyclic amines) is 1. The number of ketones is 1. The van der Waals surface area contributed by atoms with Gasteiger partial charge in [-0.15, -0.1) is 0 Å². The first-order chi connectivity index (χ1) is 15.4. The Bertz CT molecular complexity index is 825. The molecule has 1 aromatic rings. The van der Waals surface area contributed by atoms with Crippen LogP contribution in [0.5, 0.6) is 11.5 Å². The van der Waals surface area contributed by atoms with Crippen LogP contribution in [0.3, 0.4) is 0 Å². The van der Waals surface area contributed by atoms with Crippen LogP contribution in [0, 0.1) is 0 Å². The number of ether oxygens (including phenoxy) is 3. The van der Waals surface area contributed by atoms with Gasteiger partial charge in [-0.1, -0.05) is 12.7 Å². The molecule has 0 aliphatic carbocycles. The lowest BCUT2D eigenvalue weighted by molar-refractivity contribution is -0.117. The molecular weight excluding hydrogens is 416 g/mol. The first kappa shape index (κ1) is 25.2. The van der Waals surface area contributed by atoms with Crippen molar-refractivity contribution in [1.82, 2.24) is 4.90 Å². The minimum absolute atomic E-state index is 0.0123. The molecule has 0 bridgehead atoms. The summed E-state index contributed by atoms with van der Waals surface area (Å²) >= 11 is 0. The summed E-state index contributed by atoms with van der Waals surface area (Å²) in [5.74, 6) is 0.376. The Morgan fingerprint density at radius 3 is 2.72 bits per heavy atom. The maximum absolute atomic E-state index is 13.4. The monoisotopic (exact) mass is 448 g/mol. The maximum Gasteiger partial charge on any atom is 0.411 e. The number of carbonyl (C=O) groups excluding carboxylic acids is 3. The van der Waals surface area contributed by atoms with E-state index in [0.29, 0.717) is 37.3 Å². The second-order valence-electron chi connectivity index (χ2n) is 7.55. The second-order valence-corrected chi connectivity index (χ2v) is 7.55. The molecule has 32 heavy (non-hydrogen) atoms. The van der Waals surface area contributed by atoms with Crippen LogP contribution >= 0.6 is 0 Å². The SMILES string of the molecule is C=CCOC(=O)Nc1cc(OCCCC(C)=O)c(OC)cc1C(=O)N1CCCC[C@H]1CO. The highest BCUT2D eigenvalue weighted by atomic mass is 16.5. The number of carbonyl (C=O) groups is 3. The molecule has 1 aromatic carbocycles. The number of nitrogens with one attached hydrogen (secondary N) is 1. The molecule has 176 valence electrons. The predicted octanol–water partition coefficient (Wildman–Crippen LogP) is 3.16. The number of benzene rings is 1. The number of hydrogen-bond donors (Lipinski definition) is 2. The summed E-state index contributed by atoms with van der Waals surface area (Å²) in [6, 6.07) is 2.73. The van der Waals surface area contributed by atoms with Gasteiger partial charge in [0, 0.05) is 19.0 Å². The third-order valence-electron chi connectivity index (χ3n) is 5.13. The first-order valence-electron chi connectivity index (χ1n) is 10.7. The number of methoxy groups -OCH3 is 1. The molecule has 1 saturated heterocycles. The smallest absolute Gasteiger partial charge is 0.411 e. The Kier molecular flexibility index (Phi) is 10.0. The van der Waals surface area contributed by atoms with E-state index in [4.69, 9.17) is 14.2 Å². The summed E-state index contributed by atoms with van der Waals surface area (Å²) in [7, 11) is 1.45. The van der Waals surface area contributed by atoms with Gasteiger partial charge >= 0.3 is 6.09 Å². The van der Waals surface area contributed by atoms with Gasteiger partial charge < -0.3 is 29.0 Å². The zero-order valence-corrected chi connectivity index (χ0v) is 18.7. The highest BCUT2D eigenvalue weighted by molar-refractivity contribution is 6.03. The zero-order chi connectivity index (χ0) is 23.5. The molecule has 0 radical (unpaired) electrons. The summed E-state index contributed by atoms with van der Waals surface area (Å²) in [6.07, 6.45) is 4.07. The van der Waals surface area contributed by atoms with E-state index in [9.17, 15) is 19.5 Å². The largest absolute Gasteiger partial charge is 0.493 e. The molecule has 2 rings (SSSR count). The van der Waals surface area contributed by atoms with Gasteiger partial charge in [-0.3, -0.25) is 10.1 Å². The van der Waals surface area contributed by atoms with Crippen LogP contribution in [0.4, 0.5) is 10.5 Å². The van der Waals surface area contributed by atoms with Crippen LogP contribution in [0.25, 0.3) is 0 Å². The Hall–Kier alpha value is -3.07. The van der Waals surface area contributed by atoms with E-state index < -0.39 is 6.09 Å². The van der Waals surface area contributed by atoms with Crippen LogP contribution in [0.15, 0.2) is 24.8 Å². The second kappa shape index (κ2) is 12.7. The third kappa shape index (κ3) is 6.98. The summed E-state index contributed by atoms with van der Waals surface area (Å²) in [5, 5.41) is 12.3. The van der Waals surface area contributed by atoms with Crippen LogP contribution < -0.4 is 14.8 Å². The standard InChI is InChI=1S/C23H32N2O7/c1-4-11-32-23(29)24-19-14-21(31-12-7-8-16(2)27)20(30-3)13-18(19)22(28)25-10-6-5-9-17(25)15-26/h4,13-14,17,26H,1,5-12,15H2,2-3H3,(H,24,29)/t17-/m0/s1. The molecule has 2 N–H and O–H groups in total. The molecule has 9 heteroatoms. The lowest BCUT2D eigenvalue weighted by Crippen LogP contribution is -2.45. The fourth-order valence-electron chi connectivity index (χ4n) is 3.51. The van der Waals surface area contributed by atoms with Gasteiger partial charge in [0.15, 0.2) is 11.5 Å². The number of hydrogen-bond acceptors (Lipinski definition) is 7. The van der Waals surface area contributed by atoms with Crippen molar-refractivity contribution in [3.05, 3.63) is 30.4 Å². The molecule has 1 fully saturated rings. The highest BCUT2D eigenvalue weighted by Crippen LogP contribution is 2.35. The van der Waals surface area contributed by atoms with Crippen LogP contribution in [-0.4, -0.2) is 67.3 Å². The number of aliphatic hydroxyl groups excluding tert-OH is 1. The molecule has 1 atom stereocenters. The predicted molar refractivity (Wildman–Crippen MR) is 119 cm³/mol. The number of aliphatic hydroxyl groups is 1. The first-order valence-corrected chi connectivity index (χ1v) is 10.7. The summed E-state index contributed by atoms with van der Waals surface area (Å²) < 4.78 is 16.2. The Morgan fingerprint density at radius 2 is 2.06 bits per heavy atom. The van der Waals surface area contributed by atoms with E-state index in [0.717, 1.165) is 12.8 Å². The van der Waals surface area contributed by atoms with Crippen molar-refractivity contribution in [3.8, 4) is 11.5 Å². The third-order valence-corrected chi connectivity index (χ3v) is 5.13. The average Bonchev–Trinajstić information content (AvgIpc) is 2.79. The number of amides is 2. The van der Waals surface area contributed by atoms with Gasteiger partial charge in [-0.2, -0.15) is 0 Å². The molecule has 0 spiro atoms. The number of anilines is 1. The highest BCUT2D eigenvalue weighted by Gasteiger charge is 2.30. The summed E-state index contributed by atoms with van der Waals surface area (Å²) in [6.45, 7) is 5.67. The Morgan fingerprint density at radius 1 is 1.28 bits per heavy atom. The lowest BCUT2D eigenvalue weighted by atomic mass is 10.0. The van der Waals surface area contributed by atoms with Gasteiger partial charge in [0.05, 0.1) is 37.6 Å². The lowest BCUT2D eigenvalue weighted by Gasteiger charge is -2.35. The minimum Gasteiger partial charge on any atom is -0.493 e. The van der Waals surface area contributed by atoms with Crippen molar-refractivity contribution in [1.29, 1.82) is 0 Å². The zero-order valence-electron chi connectivity index (χ0n) is 18.7. The van der Waals surface area contributed by atoms with E-state index in [1.54, 1.807) is 4.90 Å². The van der Waals surface area contributed by atoms with Crippen LogP contribution in [0.2, 0.25) is 0 Å². The van der Waals surface area contributed by atoms with Gasteiger partial charge in [0.1, 0.15) is 12.4 Å². The Labute approximate surface area is 188 Å². The fourth-order valence-corrected chi connectivity index (χ4v) is 3.51. The van der Waals surface area contributed by atoms with E-state index >= 15 is 0 Å². The number of Topliss-reactive ketones (excluding diaryl/α,β-unsaturated/α-hetero) is 1. The molecule has 0 saturated carbocycles. The van der Waals surface area contributed by atoms with Gasteiger partial charge in [0.2, 0.25) is 0 Å². The van der Waals surface area contributed by atoms with Gasteiger partial charge in [0.25, 0.3) is 5.91 Å². The molecule has 2 amide bonds. The summed E-state index contributed by atoms with van der Waals surface area (Å²) in [5.41, 5.74) is 0.405.